The summed E-state index contributed by atoms with van der Waals surface area (Å²) in [6, 6.07) is 2.09. The second-order valence-electron chi connectivity index (χ2n) is 9.75. The van der Waals surface area contributed by atoms with Crippen molar-refractivity contribution < 1.29 is 9.63 Å². The van der Waals surface area contributed by atoms with Gasteiger partial charge in [-0.2, -0.15) is 0 Å². The number of nitrogens with zero attached hydrogens (tertiary/aromatic N) is 1. The highest BCUT2D eigenvalue weighted by Crippen LogP contribution is 2.67. The van der Waals surface area contributed by atoms with Crippen LogP contribution in [-0.2, 0) is 0 Å². The fraction of sp³-hybridized carbons (Fsp3) is 0.773. The molecule has 3 nitrogen and oxygen atoms in total. The summed E-state index contributed by atoms with van der Waals surface area (Å²) in [4.78, 5) is 0. The largest absolute Gasteiger partial charge is 0.393 e. The van der Waals surface area contributed by atoms with Crippen molar-refractivity contribution in [3.63, 3.8) is 0 Å². The van der Waals surface area contributed by atoms with Crippen molar-refractivity contribution in [1.29, 1.82) is 0 Å². The molecule has 0 amide bonds. The minimum Gasteiger partial charge on any atom is -0.393 e. The van der Waals surface area contributed by atoms with E-state index in [0.717, 1.165) is 36.4 Å². The zero-order valence-electron chi connectivity index (χ0n) is 15.6. The summed E-state index contributed by atoms with van der Waals surface area (Å²) < 4.78 is 5.60. The summed E-state index contributed by atoms with van der Waals surface area (Å²) in [5.41, 5.74) is 2.28. The Morgan fingerprint density at radius 3 is 2.80 bits per heavy atom. The molecule has 136 valence electrons. The van der Waals surface area contributed by atoms with Gasteiger partial charge in [0, 0.05) is 12.0 Å². The molecule has 1 N–H and O–H groups in total. The normalized spacial score (nSPS) is 49.1. The van der Waals surface area contributed by atoms with Gasteiger partial charge in [-0.3, -0.25) is 0 Å². The first-order valence-corrected chi connectivity index (χ1v) is 10.3. The number of hydrogen-bond donors (Lipinski definition) is 1. The molecule has 0 spiro atoms. The van der Waals surface area contributed by atoms with Crippen molar-refractivity contribution in [1.82, 2.24) is 5.16 Å². The third-order valence-electron chi connectivity index (χ3n) is 8.88. The molecule has 4 aliphatic rings. The standard InChI is InChI=1S/C22H31NO2/c1-21-10-7-15(24)13-14(21)3-4-16-17-5-6-19(20-9-12-23-25-20)22(17,2)11-8-18(16)21/h3,9,12,15-19,24H,4-8,10-11,13H2,1-2H3/t15-,16-,17-,18-,19?,21-,22-/m0/s1. The average Bonchev–Trinajstić information content (AvgIpc) is 3.22. The fourth-order valence-electron chi connectivity index (χ4n) is 7.51. The number of fused-ring (bicyclic) bond motifs is 5. The molecule has 3 saturated carbocycles. The summed E-state index contributed by atoms with van der Waals surface area (Å²) >= 11 is 0. The maximum absolute atomic E-state index is 10.1. The van der Waals surface area contributed by atoms with E-state index in [-0.39, 0.29) is 6.10 Å². The van der Waals surface area contributed by atoms with Crippen LogP contribution in [0.2, 0.25) is 0 Å². The number of hydrogen-bond acceptors (Lipinski definition) is 3. The summed E-state index contributed by atoms with van der Waals surface area (Å²) in [6.07, 6.45) is 13.8. The SMILES string of the molecule is C[C@]12CC[C@H](O)CC1=CC[C@@H]1[C@@H]2CC[C@]2(C)C(c3ccno3)CC[C@@H]12. The molecule has 7 atom stereocenters. The van der Waals surface area contributed by atoms with Crippen LogP contribution in [0.1, 0.15) is 76.9 Å². The zero-order valence-corrected chi connectivity index (χ0v) is 15.6. The van der Waals surface area contributed by atoms with Crippen LogP contribution in [0.3, 0.4) is 0 Å². The lowest BCUT2D eigenvalue weighted by Crippen LogP contribution is -2.50. The number of aliphatic hydroxyl groups excluding tert-OH is 1. The summed E-state index contributed by atoms with van der Waals surface area (Å²) in [7, 11) is 0. The topological polar surface area (TPSA) is 46.3 Å². The van der Waals surface area contributed by atoms with Gasteiger partial charge in [0.15, 0.2) is 0 Å². The van der Waals surface area contributed by atoms with Crippen LogP contribution >= 0.6 is 0 Å². The van der Waals surface area contributed by atoms with Crippen molar-refractivity contribution in [2.45, 2.75) is 77.2 Å². The van der Waals surface area contributed by atoms with E-state index in [1.165, 1.54) is 38.5 Å². The van der Waals surface area contributed by atoms with E-state index >= 15 is 0 Å². The number of allylic oxidation sites excluding steroid dienone is 1. The Morgan fingerprint density at radius 2 is 2.00 bits per heavy atom. The molecule has 0 radical (unpaired) electrons. The van der Waals surface area contributed by atoms with Gasteiger partial charge in [0.1, 0.15) is 5.76 Å². The highest BCUT2D eigenvalue weighted by Gasteiger charge is 2.59. The van der Waals surface area contributed by atoms with Crippen LogP contribution in [0.25, 0.3) is 0 Å². The van der Waals surface area contributed by atoms with Gasteiger partial charge in [-0.1, -0.05) is 30.7 Å². The van der Waals surface area contributed by atoms with Crippen molar-refractivity contribution >= 4 is 0 Å². The van der Waals surface area contributed by atoms with E-state index in [2.05, 4.69) is 31.1 Å². The molecule has 5 rings (SSSR count). The van der Waals surface area contributed by atoms with Gasteiger partial charge in [-0.25, -0.2) is 0 Å². The first-order valence-electron chi connectivity index (χ1n) is 10.3. The van der Waals surface area contributed by atoms with E-state index in [1.807, 2.05) is 6.20 Å². The molecule has 3 heteroatoms. The van der Waals surface area contributed by atoms with Gasteiger partial charge in [-0.05, 0) is 80.0 Å². The first-order chi connectivity index (χ1) is 12.0. The van der Waals surface area contributed by atoms with E-state index in [4.69, 9.17) is 4.52 Å². The Kier molecular flexibility index (Phi) is 3.51. The molecule has 0 aromatic carbocycles. The van der Waals surface area contributed by atoms with Gasteiger partial charge in [0.25, 0.3) is 0 Å². The Bertz CT molecular complexity index is 680. The molecule has 4 aliphatic carbocycles. The second-order valence-corrected chi connectivity index (χ2v) is 9.75. The molecule has 0 saturated heterocycles. The Labute approximate surface area is 150 Å². The molecular weight excluding hydrogens is 310 g/mol. The molecule has 3 fully saturated rings. The monoisotopic (exact) mass is 341 g/mol. The van der Waals surface area contributed by atoms with E-state index in [0.29, 0.717) is 16.7 Å². The highest BCUT2D eigenvalue weighted by atomic mass is 16.5. The summed E-state index contributed by atoms with van der Waals surface area (Å²) in [5, 5.41) is 14.1. The van der Waals surface area contributed by atoms with E-state index < -0.39 is 0 Å². The Hall–Kier alpha value is -1.09. The third kappa shape index (κ3) is 2.17. The highest BCUT2D eigenvalue weighted by molar-refractivity contribution is 5.26. The maximum Gasteiger partial charge on any atom is 0.140 e. The summed E-state index contributed by atoms with van der Waals surface area (Å²) in [5.74, 6) is 4.10. The van der Waals surface area contributed by atoms with Crippen LogP contribution in [0.15, 0.2) is 28.4 Å². The molecular formula is C22H31NO2. The number of rotatable bonds is 1. The minimum atomic E-state index is -0.105. The van der Waals surface area contributed by atoms with Crippen molar-refractivity contribution in [3.05, 3.63) is 29.7 Å². The predicted molar refractivity (Wildman–Crippen MR) is 97.0 cm³/mol. The predicted octanol–water partition coefficient (Wildman–Crippen LogP) is 5.08. The van der Waals surface area contributed by atoms with Gasteiger partial charge >= 0.3 is 0 Å². The number of aromatic nitrogens is 1. The van der Waals surface area contributed by atoms with Crippen LogP contribution in [-0.4, -0.2) is 16.4 Å². The molecule has 1 aromatic rings. The Morgan fingerprint density at radius 1 is 1.12 bits per heavy atom. The molecule has 0 bridgehead atoms. The third-order valence-corrected chi connectivity index (χ3v) is 8.88. The van der Waals surface area contributed by atoms with Gasteiger partial charge < -0.3 is 9.63 Å². The lowest BCUT2D eigenvalue weighted by molar-refractivity contribution is -0.0428. The fourth-order valence-corrected chi connectivity index (χ4v) is 7.51. The van der Waals surface area contributed by atoms with Crippen molar-refractivity contribution in [2.24, 2.45) is 28.6 Å². The molecule has 0 aliphatic heterocycles. The Balaban J connectivity index is 1.47. The minimum absolute atomic E-state index is 0.105. The smallest absolute Gasteiger partial charge is 0.140 e. The van der Waals surface area contributed by atoms with Crippen LogP contribution < -0.4 is 0 Å². The maximum atomic E-state index is 10.1. The molecule has 1 aromatic heterocycles. The van der Waals surface area contributed by atoms with Crippen LogP contribution in [0, 0.1) is 28.6 Å². The summed E-state index contributed by atoms with van der Waals surface area (Å²) in [6.45, 7) is 5.04. The molecule has 25 heavy (non-hydrogen) atoms. The lowest BCUT2D eigenvalue weighted by atomic mass is 9.47. The van der Waals surface area contributed by atoms with Crippen LogP contribution in [0.5, 0.6) is 0 Å². The van der Waals surface area contributed by atoms with Gasteiger partial charge in [0.05, 0.1) is 12.3 Å². The van der Waals surface area contributed by atoms with Crippen LogP contribution in [0.4, 0.5) is 0 Å². The second kappa shape index (κ2) is 5.45. The molecule has 1 heterocycles. The first kappa shape index (κ1) is 16.1. The van der Waals surface area contributed by atoms with Crippen molar-refractivity contribution in [3.8, 4) is 0 Å². The average molecular weight is 341 g/mol. The van der Waals surface area contributed by atoms with Gasteiger partial charge in [-0.15, -0.1) is 0 Å². The quantitative estimate of drug-likeness (QED) is 0.724. The zero-order chi connectivity index (χ0) is 17.2. The molecule has 1 unspecified atom stereocenters. The van der Waals surface area contributed by atoms with E-state index in [1.54, 1.807) is 5.57 Å². The van der Waals surface area contributed by atoms with Gasteiger partial charge in [0.2, 0.25) is 0 Å². The van der Waals surface area contributed by atoms with E-state index in [9.17, 15) is 5.11 Å². The number of aliphatic hydroxyl groups is 1. The lowest BCUT2D eigenvalue weighted by Gasteiger charge is -2.57. The van der Waals surface area contributed by atoms with Crippen molar-refractivity contribution in [2.75, 3.05) is 0 Å².